The molecule has 52 heavy (non-hydrogen) atoms. The van der Waals surface area contributed by atoms with Gasteiger partial charge in [-0.1, -0.05) is 11.6 Å². The quantitative estimate of drug-likeness (QED) is 0.340. The van der Waals surface area contributed by atoms with Crippen LogP contribution in [0.5, 0.6) is 0 Å². The monoisotopic (exact) mass is 758 g/mol. The van der Waals surface area contributed by atoms with E-state index in [4.69, 9.17) is 20.8 Å². The Morgan fingerprint density at radius 1 is 1.06 bits per heavy atom. The van der Waals surface area contributed by atoms with Gasteiger partial charge in [0.25, 0.3) is 11.8 Å². The molecule has 3 aromatic rings. The van der Waals surface area contributed by atoms with Crippen LogP contribution in [0.25, 0.3) is 11.0 Å². The van der Waals surface area contributed by atoms with Gasteiger partial charge in [0.15, 0.2) is 0 Å². The molecule has 1 N–H and O–H groups in total. The number of methoxy groups -OCH3 is 1. The highest BCUT2D eigenvalue weighted by molar-refractivity contribution is 7.87. The first-order valence-electron chi connectivity index (χ1n) is 17.6. The Kier molecular flexibility index (Phi) is 9.78. The number of nitrogens with zero attached hydrogens (tertiary/aromatic N) is 5. The summed E-state index contributed by atoms with van der Waals surface area (Å²) >= 11 is 6.93. The summed E-state index contributed by atoms with van der Waals surface area (Å²) in [4.78, 5) is 48.1. The van der Waals surface area contributed by atoms with Crippen molar-refractivity contribution in [2.24, 2.45) is 0 Å². The van der Waals surface area contributed by atoms with Crippen LogP contribution in [0.2, 0.25) is 5.02 Å². The van der Waals surface area contributed by atoms with Gasteiger partial charge in [0.2, 0.25) is 0 Å². The standard InChI is InChI=1S/C36H44ClFN6O7S/c1-20-30(42-13-12-41(4)23(17-42)19-50-5)16-28(37)32-24-10-11-43(18-27(24)36(47)51-33(20)32)35(46)25-15-31(40(2)3)26(14-29(25)38)34(45)39-52(48,49)44-21-6-7-22(44)9-8-21/h14-16,21-23H,6-13,17-19H2,1-5H3,(H,39,45). The van der Waals surface area contributed by atoms with E-state index in [1.807, 2.05) is 13.0 Å². The number of ether oxygens (including phenoxy) is 1. The molecule has 0 saturated carbocycles. The number of fused-ring (bicyclic) bond motifs is 5. The molecule has 3 saturated heterocycles. The molecule has 4 aliphatic rings. The van der Waals surface area contributed by atoms with E-state index in [2.05, 4.69) is 21.6 Å². The molecular weight excluding hydrogens is 715 g/mol. The number of aryl methyl sites for hydroxylation is 1. The topological polar surface area (TPSA) is 136 Å². The summed E-state index contributed by atoms with van der Waals surface area (Å²) in [5.74, 6) is -2.65. The third-order valence-corrected chi connectivity index (χ3v) is 13.1. The van der Waals surface area contributed by atoms with Gasteiger partial charge in [-0.2, -0.15) is 12.7 Å². The maximum absolute atomic E-state index is 15.8. The number of rotatable bonds is 8. The number of hydrogen-bond donors (Lipinski definition) is 1. The minimum atomic E-state index is -4.15. The number of hydrogen-bond acceptors (Lipinski definition) is 10. The smallest absolute Gasteiger partial charge is 0.341 e. The summed E-state index contributed by atoms with van der Waals surface area (Å²) in [5.41, 5.74) is 2.08. The second-order valence-corrected chi connectivity index (χ2v) is 16.5. The van der Waals surface area contributed by atoms with Crippen molar-refractivity contribution in [2.45, 2.75) is 63.7 Å². The van der Waals surface area contributed by atoms with Crippen molar-refractivity contribution in [1.82, 2.24) is 18.8 Å². The Balaban J connectivity index is 1.15. The highest BCUT2D eigenvalue weighted by Crippen LogP contribution is 2.40. The molecule has 280 valence electrons. The largest absolute Gasteiger partial charge is 0.422 e. The van der Waals surface area contributed by atoms with Gasteiger partial charge in [-0.25, -0.2) is 13.9 Å². The molecule has 1 atom stereocenters. The van der Waals surface area contributed by atoms with Crippen LogP contribution in [0, 0.1) is 12.7 Å². The fraction of sp³-hybridized carbons (Fsp3) is 0.528. The van der Waals surface area contributed by atoms with Gasteiger partial charge in [-0.15, -0.1) is 0 Å². The number of carbonyl (C=O) groups excluding carboxylic acids is 2. The number of amides is 2. The molecule has 2 aromatic carbocycles. The summed E-state index contributed by atoms with van der Waals surface area (Å²) < 4.78 is 57.0. The normalized spacial score (nSPS) is 22.2. The summed E-state index contributed by atoms with van der Waals surface area (Å²) in [6.45, 7) is 4.85. The zero-order chi connectivity index (χ0) is 37.2. The zero-order valence-corrected chi connectivity index (χ0v) is 31.6. The van der Waals surface area contributed by atoms with Crippen LogP contribution in [-0.4, -0.2) is 114 Å². The van der Waals surface area contributed by atoms with E-state index in [9.17, 15) is 22.8 Å². The second kappa shape index (κ2) is 13.9. The molecule has 4 aliphatic heterocycles. The van der Waals surface area contributed by atoms with Gasteiger partial charge in [0.05, 0.1) is 46.6 Å². The molecule has 5 heterocycles. The van der Waals surface area contributed by atoms with E-state index >= 15 is 4.39 Å². The predicted molar refractivity (Wildman–Crippen MR) is 196 cm³/mol. The summed E-state index contributed by atoms with van der Waals surface area (Å²) in [6.07, 6.45) is 3.26. The number of benzene rings is 2. The zero-order valence-electron chi connectivity index (χ0n) is 30.0. The van der Waals surface area contributed by atoms with Gasteiger partial charge < -0.3 is 23.9 Å². The van der Waals surface area contributed by atoms with Crippen molar-refractivity contribution in [3.63, 3.8) is 0 Å². The molecule has 0 spiro atoms. The summed E-state index contributed by atoms with van der Waals surface area (Å²) in [5, 5.41) is 1.06. The van der Waals surface area contributed by atoms with Crippen LogP contribution >= 0.6 is 11.6 Å². The third kappa shape index (κ3) is 6.33. The van der Waals surface area contributed by atoms with Crippen LogP contribution < -0.4 is 20.1 Å². The van der Waals surface area contributed by atoms with Crippen LogP contribution in [0.15, 0.2) is 27.4 Å². The molecule has 2 amide bonds. The van der Waals surface area contributed by atoms with E-state index in [0.29, 0.717) is 28.2 Å². The minimum absolute atomic E-state index is 0.129. The van der Waals surface area contributed by atoms with E-state index in [1.54, 1.807) is 21.2 Å². The van der Waals surface area contributed by atoms with Crippen LogP contribution in [-0.2, 0) is 27.9 Å². The molecule has 2 bridgehead atoms. The second-order valence-electron chi connectivity index (χ2n) is 14.5. The number of nitrogens with one attached hydrogen (secondary N) is 1. The van der Waals surface area contributed by atoms with Gasteiger partial charge in [0.1, 0.15) is 11.4 Å². The SMILES string of the molecule is COCC1CN(c2cc(Cl)c3c4c(c(=O)oc3c2C)CN(C(=O)c2cc(N(C)C)c(C(=O)NS(=O)(=O)N3C5CCC3CC5)cc2F)CC4)CCN1C. The lowest BCUT2D eigenvalue weighted by atomic mass is 9.94. The van der Waals surface area contributed by atoms with E-state index in [1.165, 1.54) is 20.2 Å². The van der Waals surface area contributed by atoms with Gasteiger partial charge in [0, 0.05) is 76.1 Å². The molecule has 7 rings (SSSR count). The van der Waals surface area contributed by atoms with Gasteiger partial charge in [-0.3, -0.25) is 14.5 Å². The Labute approximate surface area is 307 Å². The molecule has 3 fully saturated rings. The first kappa shape index (κ1) is 36.6. The molecule has 0 radical (unpaired) electrons. The summed E-state index contributed by atoms with van der Waals surface area (Å²) in [7, 11) is 2.82. The van der Waals surface area contributed by atoms with E-state index in [-0.39, 0.29) is 60.0 Å². The van der Waals surface area contributed by atoms with Crippen LogP contribution in [0.3, 0.4) is 0 Å². The predicted octanol–water partition coefficient (Wildman–Crippen LogP) is 3.53. The number of halogens is 2. The molecule has 13 nitrogen and oxygen atoms in total. The molecule has 0 aliphatic carbocycles. The van der Waals surface area contributed by atoms with Crippen molar-refractivity contribution in [1.29, 1.82) is 0 Å². The fourth-order valence-corrected chi connectivity index (χ4v) is 10.4. The van der Waals surface area contributed by atoms with Crippen molar-refractivity contribution in [2.75, 3.05) is 70.8 Å². The Morgan fingerprint density at radius 2 is 1.75 bits per heavy atom. The lowest BCUT2D eigenvalue weighted by Crippen LogP contribution is -2.53. The first-order chi connectivity index (χ1) is 24.7. The summed E-state index contributed by atoms with van der Waals surface area (Å²) in [6, 6.07) is 3.93. The number of anilines is 2. The van der Waals surface area contributed by atoms with Crippen molar-refractivity contribution in [3.8, 4) is 0 Å². The molecule has 1 unspecified atom stereocenters. The highest BCUT2D eigenvalue weighted by atomic mass is 35.5. The van der Waals surface area contributed by atoms with Gasteiger partial charge in [-0.05, 0) is 69.8 Å². The van der Waals surface area contributed by atoms with Crippen LogP contribution in [0.4, 0.5) is 15.8 Å². The first-order valence-corrected chi connectivity index (χ1v) is 19.4. The van der Waals surface area contributed by atoms with Crippen molar-refractivity contribution in [3.05, 3.63) is 67.3 Å². The number of likely N-dealkylation sites (N-methyl/N-ethyl adjacent to an activating group) is 1. The van der Waals surface area contributed by atoms with Crippen molar-refractivity contribution < 1.29 is 31.6 Å². The van der Waals surface area contributed by atoms with Gasteiger partial charge >= 0.3 is 15.8 Å². The number of piperazine rings is 1. The minimum Gasteiger partial charge on any atom is -0.422 e. The lowest BCUT2D eigenvalue weighted by Gasteiger charge is -2.41. The lowest BCUT2D eigenvalue weighted by molar-refractivity contribution is 0.0727. The Hall–Kier alpha value is -3.76. The molecule has 1 aromatic heterocycles. The van der Waals surface area contributed by atoms with Crippen molar-refractivity contribution >= 4 is 56.0 Å². The average molecular weight is 759 g/mol. The van der Waals surface area contributed by atoms with Crippen LogP contribution in [0.1, 0.15) is 63.1 Å². The molecular formula is C36H44ClFN6O7S. The molecule has 16 heteroatoms. The van der Waals surface area contributed by atoms with E-state index < -0.39 is 33.5 Å². The Bertz CT molecular complexity index is 2110. The highest BCUT2D eigenvalue weighted by Gasteiger charge is 2.47. The number of carbonyl (C=O) groups is 2. The fourth-order valence-electron chi connectivity index (χ4n) is 8.47. The third-order valence-electron chi connectivity index (χ3n) is 11.2. The maximum atomic E-state index is 15.8. The van der Waals surface area contributed by atoms with E-state index in [0.717, 1.165) is 62.6 Å². The average Bonchev–Trinajstić information content (AvgIpc) is 3.72. The Morgan fingerprint density at radius 3 is 2.40 bits per heavy atom. The maximum Gasteiger partial charge on any atom is 0.341 e.